The fourth-order valence-electron chi connectivity index (χ4n) is 3.57. The van der Waals surface area contributed by atoms with Crippen molar-refractivity contribution >= 4 is 5.91 Å². The zero-order valence-electron chi connectivity index (χ0n) is 13.0. The normalized spacial score (nSPS) is 25.6. The van der Waals surface area contributed by atoms with E-state index in [0.29, 0.717) is 13.2 Å². The van der Waals surface area contributed by atoms with Crippen LogP contribution >= 0.6 is 0 Å². The summed E-state index contributed by atoms with van der Waals surface area (Å²) in [5.41, 5.74) is 2.01. The fourth-order valence-corrected chi connectivity index (χ4v) is 3.57. The molecule has 6 nitrogen and oxygen atoms in total. The first-order chi connectivity index (χ1) is 10.1. The average Bonchev–Trinajstić information content (AvgIpc) is 3.16. The van der Waals surface area contributed by atoms with Crippen molar-refractivity contribution in [3.8, 4) is 5.88 Å². The number of rotatable bonds is 3. The van der Waals surface area contributed by atoms with Gasteiger partial charge in [0.2, 0.25) is 11.8 Å². The molecule has 0 aromatic carbocycles. The summed E-state index contributed by atoms with van der Waals surface area (Å²) in [6.07, 6.45) is 2.84. The highest BCUT2D eigenvalue weighted by Gasteiger charge is 2.38. The lowest BCUT2D eigenvalue weighted by Gasteiger charge is -2.27. The van der Waals surface area contributed by atoms with Crippen LogP contribution in [0, 0.1) is 12.8 Å². The zero-order valence-corrected chi connectivity index (χ0v) is 13.0. The molecular formula is C15H23N3O3. The molecular weight excluding hydrogens is 270 g/mol. The van der Waals surface area contributed by atoms with Crippen LogP contribution in [0.1, 0.15) is 36.6 Å². The van der Waals surface area contributed by atoms with Crippen molar-refractivity contribution in [3.63, 3.8) is 0 Å². The van der Waals surface area contributed by atoms with E-state index in [1.807, 2.05) is 18.9 Å². The number of likely N-dealkylation sites (tertiary alicyclic amines) is 1. The van der Waals surface area contributed by atoms with Crippen LogP contribution in [-0.4, -0.2) is 47.5 Å². The Bertz CT molecular complexity index is 535. The third-order valence-corrected chi connectivity index (χ3v) is 4.56. The first kappa shape index (κ1) is 14.4. The number of ether oxygens (including phenoxy) is 2. The van der Waals surface area contributed by atoms with Gasteiger partial charge in [0, 0.05) is 20.2 Å². The maximum atomic E-state index is 12.7. The van der Waals surface area contributed by atoms with Gasteiger partial charge < -0.3 is 14.4 Å². The molecule has 116 valence electrons. The van der Waals surface area contributed by atoms with Crippen LogP contribution in [0.4, 0.5) is 0 Å². The van der Waals surface area contributed by atoms with E-state index in [0.717, 1.165) is 42.9 Å². The Morgan fingerprint density at radius 3 is 2.90 bits per heavy atom. The van der Waals surface area contributed by atoms with Gasteiger partial charge in [-0.1, -0.05) is 0 Å². The highest BCUT2D eigenvalue weighted by molar-refractivity contribution is 5.80. The Morgan fingerprint density at radius 2 is 2.24 bits per heavy atom. The van der Waals surface area contributed by atoms with Crippen molar-refractivity contribution in [3.05, 3.63) is 11.3 Å². The molecule has 1 aromatic heterocycles. The molecule has 0 bridgehead atoms. The predicted molar refractivity (Wildman–Crippen MR) is 77.1 cm³/mol. The van der Waals surface area contributed by atoms with Crippen molar-refractivity contribution in [2.24, 2.45) is 13.0 Å². The van der Waals surface area contributed by atoms with E-state index in [-0.39, 0.29) is 17.9 Å². The molecule has 2 aliphatic rings. The maximum Gasteiger partial charge on any atom is 0.228 e. The van der Waals surface area contributed by atoms with Crippen molar-refractivity contribution in [1.82, 2.24) is 14.7 Å². The number of carbonyl (C=O) groups is 1. The predicted octanol–water partition coefficient (Wildman–Crippen LogP) is 1.44. The second-order valence-corrected chi connectivity index (χ2v) is 5.88. The molecule has 2 atom stereocenters. The standard InChI is InChI=1S/C15H23N3O3/c1-10-13(15(20-3)17(2)16-10)12-5-4-7-18(12)14(19)11-6-8-21-9-11/h11-12H,4-9H2,1-3H3/t11-,12-/m1/s1. The Hall–Kier alpha value is -1.56. The molecule has 0 aliphatic carbocycles. The molecule has 6 heteroatoms. The van der Waals surface area contributed by atoms with Gasteiger partial charge in [-0.25, -0.2) is 4.68 Å². The summed E-state index contributed by atoms with van der Waals surface area (Å²) in [4.78, 5) is 14.7. The van der Waals surface area contributed by atoms with Gasteiger partial charge in [0.05, 0.1) is 36.9 Å². The molecule has 1 aromatic rings. The molecule has 0 radical (unpaired) electrons. The van der Waals surface area contributed by atoms with Gasteiger partial charge in [-0.2, -0.15) is 5.10 Å². The van der Waals surface area contributed by atoms with E-state index in [1.165, 1.54) is 0 Å². The summed E-state index contributed by atoms with van der Waals surface area (Å²) < 4.78 is 12.6. The van der Waals surface area contributed by atoms with Crippen LogP contribution < -0.4 is 4.74 Å². The second kappa shape index (κ2) is 5.67. The van der Waals surface area contributed by atoms with Crippen molar-refractivity contribution in [2.45, 2.75) is 32.2 Å². The van der Waals surface area contributed by atoms with Gasteiger partial charge in [-0.15, -0.1) is 0 Å². The summed E-state index contributed by atoms with van der Waals surface area (Å²) in [7, 11) is 3.53. The Kier molecular flexibility index (Phi) is 3.89. The number of aryl methyl sites for hydroxylation is 2. The van der Waals surface area contributed by atoms with Crippen molar-refractivity contribution in [2.75, 3.05) is 26.9 Å². The van der Waals surface area contributed by atoms with Crippen LogP contribution in [0.3, 0.4) is 0 Å². The van der Waals surface area contributed by atoms with Crippen molar-refractivity contribution in [1.29, 1.82) is 0 Å². The van der Waals surface area contributed by atoms with Crippen molar-refractivity contribution < 1.29 is 14.3 Å². The van der Waals surface area contributed by atoms with E-state index in [9.17, 15) is 4.79 Å². The van der Waals surface area contributed by atoms with E-state index < -0.39 is 0 Å². The molecule has 2 fully saturated rings. The fraction of sp³-hybridized carbons (Fsp3) is 0.733. The van der Waals surface area contributed by atoms with Crippen LogP contribution in [0.25, 0.3) is 0 Å². The minimum Gasteiger partial charge on any atom is -0.481 e. The Morgan fingerprint density at radius 1 is 1.43 bits per heavy atom. The molecule has 0 spiro atoms. The molecule has 0 N–H and O–H groups in total. The second-order valence-electron chi connectivity index (χ2n) is 5.88. The van der Waals surface area contributed by atoms with E-state index in [4.69, 9.17) is 9.47 Å². The van der Waals surface area contributed by atoms with Gasteiger partial charge in [-0.05, 0) is 26.2 Å². The molecule has 1 amide bonds. The van der Waals surface area contributed by atoms with Crippen LogP contribution in [0.5, 0.6) is 5.88 Å². The van der Waals surface area contributed by atoms with Gasteiger partial charge >= 0.3 is 0 Å². The molecule has 3 rings (SSSR count). The molecule has 3 heterocycles. The summed E-state index contributed by atoms with van der Waals surface area (Å²) in [6, 6.07) is 0.0850. The Labute approximate surface area is 125 Å². The van der Waals surface area contributed by atoms with E-state index >= 15 is 0 Å². The lowest BCUT2D eigenvalue weighted by molar-refractivity contribution is -0.136. The number of nitrogens with zero attached hydrogens (tertiary/aromatic N) is 3. The summed E-state index contributed by atoms with van der Waals surface area (Å²) >= 11 is 0. The molecule has 0 unspecified atom stereocenters. The number of aromatic nitrogens is 2. The number of carbonyl (C=O) groups excluding carboxylic acids is 1. The molecule has 2 saturated heterocycles. The number of amides is 1. The first-order valence-corrected chi connectivity index (χ1v) is 7.59. The molecule has 2 aliphatic heterocycles. The van der Waals surface area contributed by atoms with Crippen LogP contribution in [-0.2, 0) is 16.6 Å². The summed E-state index contributed by atoms with van der Waals surface area (Å²) in [5.74, 6) is 1.01. The minimum absolute atomic E-state index is 0.0218. The van der Waals surface area contributed by atoms with Gasteiger partial charge in [0.1, 0.15) is 0 Å². The molecule has 21 heavy (non-hydrogen) atoms. The van der Waals surface area contributed by atoms with Crippen LogP contribution in [0.2, 0.25) is 0 Å². The topological polar surface area (TPSA) is 56.6 Å². The van der Waals surface area contributed by atoms with Gasteiger partial charge in [0.15, 0.2) is 0 Å². The Balaban J connectivity index is 1.88. The number of hydrogen-bond donors (Lipinski definition) is 0. The SMILES string of the molecule is COc1c([C@H]2CCCN2C(=O)[C@@H]2CCOC2)c(C)nn1C. The number of methoxy groups -OCH3 is 1. The third-order valence-electron chi connectivity index (χ3n) is 4.56. The first-order valence-electron chi connectivity index (χ1n) is 7.59. The average molecular weight is 293 g/mol. The highest BCUT2D eigenvalue weighted by Crippen LogP contribution is 2.39. The highest BCUT2D eigenvalue weighted by atomic mass is 16.5. The lowest BCUT2D eigenvalue weighted by Crippen LogP contribution is -2.36. The zero-order chi connectivity index (χ0) is 15.0. The minimum atomic E-state index is 0.0218. The van der Waals surface area contributed by atoms with E-state index in [1.54, 1.807) is 11.8 Å². The molecule has 0 saturated carbocycles. The van der Waals surface area contributed by atoms with Gasteiger partial charge in [0.25, 0.3) is 0 Å². The monoisotopic (exact) mass is 293 g/mol. The van der Waals surface area contributed by atoms with Gasteiger partial charge in [-0.3, -0.25) is 4.79 Å². The lowest BCUT2D eigenvalue weighted by atomic mass is 10.0. The third kappa shape index (κ3) is 2.41. The number of hydrogen-bond acceptors (Lipinski definition) is 4. The van der Waals surface area contributed by atoms with Crippen LogP contribution in [0.15, 0.2) is 0 Å². The quantitative estimate of drug-likeness (QED) is 0.846. The summed E-state index contributed by atoms with van der Waals surface area (Å²) in [5, 5.41) is 4.45. The smallest absolute Gasteiger partial charge is 0.228 e. The largest absolute Gasteiger partial charge is 0.481 e. The summed E-state index contributed by atoms with van der Waals surface area (Å²) in [6.45, 7) is 4.06. The maximum absolute atomic E-state index is 12.7. The van der Waals surface area contributed by atoms with E-state index in [2.05, 4.69) is 5.10 Å².